The number of hydrogen-bond donors (Lipinski definition) is 2. The number of hydrogen-bond acceptors (Lipinski definition) is 6. The monoisotopic (exact) mass is 312 g/mol. The van der Waals surface area contributed by atoms with Crippen molar-refractivity contribution in [1.82, 2.24) is 24.8 Å². The summed E-state index contributed by atoms with van der Waals surface area (Å²) in [4.78, 5) is 13.1. The molecule has 4 heterocycles. The van der Waals surface area contributed by atoms with E-state index in [1.54, 1.807) is 12.5 Å². The van der Waals surface area contributed by atoms with E-state index in [4.69, 9.17) is 4.42 Å². The van der Waals surface area contributed by atoms with Crippen molar-refractivity contribution < 1.29 is 4.42 Å². The first kappa shape index (κ1) is 14.2. The van der Waals surface area contributed by atoms with E-state index in [1.165, 1.54) is 0 Å². The van der Waals surface area contributed by atoms with Crippen LogP contribution in [0.2, 0.25) is 0 Å². The normalized spacial score (nSPS) is 16.0. The number of aromatic nitrogens is 4. The third kappa shape index (κ3) is 2.92. The molecule has 7 nitrogen and oxygen atoms in total. The number of imidazole rings is 1. The minimum absolute atomic E-state index is 0.429. The van der Waals surface area contributed by atoms with Crippen molar-refractivity contribution in [3.05, 3.63) is 36.2 Å². The van der Waals surface area contributed by atoms with Gasteiger partial charge in [-0.15, -0.1) is 0 Å². The molecular weight excluding hydrogens is 292 g/mol. The van der Waals surface area contributed by atoms with E-state index < -0.39 is 0 Å². The Labute approximate surface area is 134 Å². The number of nitrogens with one attached hydrogen (secondary N) is 2. The summed E-state index contributed by atoms with van der Waals surface area (Å²) in [5, 5.41) is 6.95. The molecule has 0 aromatic carbocycles. The first-order valence-corrected chi connectivity index (χ1v) is 7.98. The van der Waals surface area contributed by atoms with Gasteiger partial charge in [-0.3, -0.25) is 4.57 Å². The highest BCUT2D eigenvalue weighted by molar-refractivity contribution is 5.73. The molecule has 2 N–H and O–H groups in total. The van der Waals surface area contributed by atoms with Crippen LogP contribution in [-0.4, -0.2) is 38.7 Å². The van der Waals surface area contributed by atoms with Gasteiger partial charge in [-0.25, -0.2) is 15.0 Å². The number of furan rings is 1. The molecule has 1 fully saturated rings. The Morgan fingerprint density at radius 2 is 2.22 bits per heavy atom. The van der Waals surface area contributed by atoms with Crippen LogP contribution in [0.5, 0.6) is 0 Å². The molecule has 1 saturated heterocycles. The standard InChI is InChI=1S/C16H20N6O/c1-11-2-3-13(23-11)9-22-15-14(8-18-10-19-15)21-16(22)20-12-4-6-17-7-5-12/h2-3,8,10,12,17H,4-7,9H2,1H3,(H,20,21). The lowest BCUT2D eigenvalue weighted by molar-refractivity contribution is 0.464. The highest BCUT2D eigenvalue weighted by atomic mass is 16.3. The number of piperidine rings is 1. The summed E-state index contributed by atoms with van der Waals surface area (Å²) in [7, 11) is 0. The van der Waals surface area contributed by atoms with Crippen molar-refractivity contribution in [3.63, 3.8) is 0 Å². The van der Waals surface area contributed by atoms with Crippen LogP contribution in [0.1, 0.15) is 24.4 Å². The van der Waals surface area contributed by atoms with Gasteiger partial charge in [0, 0.05) is 6.04 Å². The molecule has 0 aliphatic carbocycles. The molecule has 23 heavy (non-hydrogen) atoms. The zero-order chi connectivity index (χ0) is 15.6. The maximum absolute atomic E-state index is 5.72. The molecule has 0 saturated carbocycles. The summed E-state index contributed by atoms with van der Waals surface area (Å²) < 4.78 is 7.79. The Bertz CT molecular complexity index is 802. The third-order valence-electron chi connectivity index (χ3n) is 4.19. The Hall–Kier alpha value is -2.41. The Kier molecular flexibility index (Phi) is 3.70. The number of anilines is 1. The van der Waals surface area contributed by atoms with Gasteiger partial charge in [0.05, 0.1) is 12.7 Å². The van der Waals surface area contributed by atoms with Gasteiger partial charge in [0.15, 0.2) is 5.65 Å². The van der Waals surface area contributed by atoms with E-state index in [2.05, 4.69) is 30.2 Å². The molecule has 0 radical (unpaired) electrons. The highest BCUT2D eigenvalue weighted by Crippen LogP contribution is 2.21. The van der Waals surface area contributed by atoms with Crippen LogP contribution < -0.4 is 10.6 Å². The van der Waals surface area contributed by atoms with E-state index >= 15 is 0 Å². The van der Waals surface area contributed by atoms with Crippen LogP contribution >= 0.6 is 0 Å². The largest absolute Gasteiger partial charge is 0.464 e. The third-order valence-corrected chi connectivity index (χ3v) is 4.19. The van der Waals surface area contributed by atoms with Gasteiger partial charge >= 0.3 is 0 Å². The van der Waals surface area contributed by atoms with Crippen molar-refractivity contribution in [1.29, 1.82) is 0 Å². The first-order valence-electron chi connectivity index (χ1n) is 7.98. The van der Waals surface area contributed by atoms with Crippen LogP contribution in [0.15, 0.2) is 29.1 Å². The Balaban J connectivity index is 1.68. The number of aryl methyl sites for hydroxylation is 1. The highest BCUT2D eigenvalue weighted by Gasteiger charge is 2.18. The summed E-state index contributed by atoms with van der Waals surface area (Å²) in [6.45, 7) is 4.63. The zero-order valence-electron chi connectivity index (χ0n) is 13.1. The minimum atomic E-state index is 0.429. The Morgan fingerprint density at radius 1 is 1.35 bits per heavy atom. The maximum Gasteiger partial charge on any atom is 0.205 e. The van der Waals surface area contributed by atoms with E-state index in [1.807, 2.05) is 19.1 Å². The Morgan fingerprint density at radius 3 is 3.00 bits per heavy atom. The maximum atomic E-state index is 5.72. The lowest BCUT2D eigenvalue weighted by Gasteiger charge is -2.24. The fourth-order valence-electron chi connectivity index (χ4n) is 3.01. The van der Waals surface area contributed by atoms with E-state index in [9.17, 15) is 0 Å². The van der Waals surface area contributed by atoms with Crippen LogP contribution in [0, 0.1) is 6.92 Å². The smallest absolute Gasteiger partial charge is 0.205 e. The second kappa shape index (κ2) is 6.00. The predicted molar refractivity (Wildman–Crippen MR) is 87.4 cm³/mol. The fourth-order valence-corrected chi connectivity index (χ4v) is 3.01. The SMILES string of the molecule is Cc1ccc(Cn2c(NC3CCNCC3)nc3cncnc32)o1. The van der Waals surface area contributed by atoms with Crippen molar-refractivity contribution in [2.75, 3.05) is 18.4 Å². The van der Waals surface area contributed by atoms with Gasteiger partial charge in [0.1, 0.15) is 23.4 Å². The average molecular weight is 312 g/mol. The average Bonchev–Trinajstić information content (AvgIpc) is 3.13. The zero-order valence-corrected chi connectivity index (χ0v) is 13.1. The molecule has 1 aliphatic rings. The molecule has 0 unspecified atom stereocenters. The molecular formula is C16H20N6O. The van der Waals surface area contributed by atoms with E-state index in [0.717, 1.165) is 54.6 Å². The summed E-state index contributed by atoms with van der Waals surface area (Å²) in [6.07, 6.45) is 5.49. The molecule has 1 aliphatic heterocycles. The molecule has 3 aromatic rings. The van der Waals surface area contributed by atoms with Gasteiger partial charge in [0.2, 0.25) is 5.95 Å². The van der Waals surface area contributed by atoms with Gasteiger partial charge in [0.25, 0.3) is 0 Å². The summed E-state index contributed by atoms with van der Waals surface area (Å²) in [5.74, 6) is 2.64. The molecule has 3 aromatic heterocycles. The van der Waals surface area contributed by atoms with Crippen LogP contribution in [0.25, 0.3) is 11.2 Å². The summed E-state index contributed by atoms with van der Waals surface area (Å²) in [5.41, 5.74) is 1.62. The number of nitrogens with zero attached hydrogens (tertiary/aromatic N) is 4. The second-order valence-electron chi connectivity index (χ2n) is 5.93. The minimum Gasteiger partial charge on any atom is -0.464 e. The van der Waals surface area contributed by atoms with E-state index in [-0.39, 0.29) is 0 Å². The number of fused-ring (bicyclic) bond motifs is 1. The first-order chi connectivity index (χ1) is 11.3. The molecule has 7 heteroatoms. The summed E-state index contributed by atoms with van der Waals surface area (Å²) in [6, 6.07) is 4.40. The lowest BCUT2D eigenvalue weighted by atomic mass is 10.1. The molecule has 0 atom stereocenters. The van der Waals surface area contributed by atoms with Crippen molar-refractivity contribution >= 4 is 17.1 Å². The summed E-state index contributed by atoms with van der Waals surface area (Å²) >= 11 is 0. The van der Waals surface area contributed by atoms with Crippen LogP contribution in [0.4, 0.5) is 5.95 Å². The molecule has 0 spiro atoms. The molecule has 0 amide bonds. The fraction of sp³-hybridized carbons (Fsp3) is 0.438. The lowest BCUT2D eigenvalue weighted by Crippen LogP contribution is -2.36. The van der Waals surface area contributed by atoms with Gasteiger partial charge in [-0.05, 0) is 45.0 Å². The van der Waals surface area contributed by atoms with Crippen molar-refractivity contribution in [2.24, 2.45) is 0 Å². The molecule has 120 valence electrons. The second-order valence-corrected chi connectivity index (χ2v) is 5.93. The van der Waals surface area contributed by atoms with Gasteiger partial charge < -0.3 is 15.1 Å². The predicted octanol–water partition coefficient (Wildman–Crippen LogP) is 1.94. The van der Waals surface area contributed by atoms with Gasteiger partial charge in [-0.1, -0.05) is 0 Å². The van der Waals surface area contributed by atoms with Crippen molar-refractivity contribution in [2.45, 2.75) is 32.4 Å². The molecule has 0 bridgehead atoms. The van der Waals surface area contributed by atoms with Crippen molar-refractivity contribution in [3.8, 4) is 0 Å². The number of rotatable bonds is 4. The van der Waals surface area contributed by atoms with Crippen LogP contribution in [0.3, 0.4) is 0 Å². The molecule has 4 rings (SSSR count). The van der Waals surface area contributed by atoms with E-state index in [0.29, 0.717) is 12.6 Å². The van der Waals surface area contributed by atoms with Crippen LogP contribution in [-0.2, 0) is 6.54 Å². The van der Waals surface area contributed by atoms with Gasteiger partial charge in [-0.2, -0.15) is 0 Å². The topological polar surface area (TPSA) is 80.8 Å². The quantitative estimate of drug-likeness (QED) is 0.766.